The van der Waals surface area contributed by atoms with E-state index < -0.39 is 0 Å². The van der Waals surface area contributed by atoms with Crippen LogP contribution in [-0.4, -0.2) is 22.3 Å². The Balaban J connectivity index is 4.34. The molecule has 0 saturated heterocycles. The molecule has 0 aromatic heterocycles. The Morgan fingerprint density at radius 1 is 0.941 bits per heavy atom. The van der Waals surface area contributed by atoms with Gasteiger partial charge in [0.05, 0.1) is 10.5 Å². The van der Waals surface area contributed by atoms with E-state index in [-0.39, 0.29) is 22.3 Å². The zero-order chi connectivity index (χ0) is 13.3. The number of primary amides is 2. The highest BCUT2D eigenvalue weighted by Crippen LogP contribution is 2.25. The fourth-order valence-corrected chi connectivity index (χ4v) is 2.80. The summed E-state index contributed by atoms with van der Waals surface area (Å²) in [4.78, 5) is 22.6. The minimum Gasteiger partial charge on any atom is -0.369 e. The second kappa shape index (κ2) is 9.33. The van der Waals surface area contributed by atoms with E-state index in [9.17, 15) is 9.59 Å². The Morgan fingerprint density at radius 3 is 1.53 bits per heavy atom. The van der Waals surface area contributed by atoms with Crippen molar-refractivity contribution in [3.63, 3.8) is 0 Å². The van der Waals surface area contributed by atoms with Crippen molar-refractivity contribution in [2.24, 2.45) is 11.5 Å². The Hall–Kier alpha value is -0.710. The van der Waals surface area contributed by atoms with Crippen molar-refractivity contribution in [3.05, 3.63) is 0 Å². The molecule has 0 bridgehead atoms. The third-order valence-corrected chi connectivity index (χ3v) is 4.20. The summed E-state index contributed by atoms with van der Waals surface area (Å²) >= 11 is 1.34. The molecule has 4 nitrogen and oxygen atoms in total. The minimum absolute atomic E-state index is 0.288. The number of carbonyl (C=O) groups is 2. The Morgan fingerprint density at radius 2 is 1.29 bits per heavy atom. The van der Waals surface area contributed by atoms with Crippen LogP contribution in [0.15, 0.2) is 0 Å². The molecule has 0 spiro atoms. The van der Waals surface area contributed by atoms with Gasteiger partial charge in [-0.25, -0.2) is 0 Å². The maximum Gasteiger partial charge on any atom is 0.230 e. The van der Waals surface area contributed by atoms with Gasteiger partial charge in [0.2, 0.25) is 11.8 Å². The van der Waals surface area contributed by atoms with Crippen molar-refractivity contribution >= 4 is 23.6 Å². The Labute approximate surface area is 108 Å². The molecule has 0 radical (unpaired) electrons. The average Bonchev–Trinajstić information content (AvgIpc) is 2.27. The number of rotatable bonds is 10. The third-order valence-electron chi connectivity index (χ3n) is 2.60. The normalized spacial score (nSPS) is 14.2. The van der Waals surface area contributed by atoms with Gasteiger partial charge in [-0.15, -0.1) is 11.8 Å². The first-order valence-electron chi connectivity index (χ1n) is 6.27. The molecule has 0 fully saturated rings. The van der Waals surface area contributed by atoms with Crippen molar-refractivity contribution < 1.29 is 9.59 Å². The lowest BCUT2D eigenvalue weighted by Gasteiger charge is -2.18. The van der Waals surface area contributed by atoms with Crippen LogP contribution < -0.4 is 11.5 Å². The van der Waals surface area contributed by atoms with Gasteiger partial charge in [0.25, 0.3) is 0 Å². The maximum absolute atomic E-state index is 11.3. The van der Waals surface area contributed by atoms with Crippen LogP contribution >= 0.6 is 11.8 Å². The fourth-order valence-electron chi connectivity index (χ4n) is 1.53. The summed E-state index contributed by atoms with van der Waals surface area (Å²) in [5, 5.41) is -0.575. The highest BCUT2D eigenvalue weighted by atomic mass is 32.2. The van der Waals surface area contributed by atoms with Gasteiger partial charge in [0.1, 0.15) is 0 Å². The lowest BCUT2D eigenvalue weighted by atomic mass is 10.2. The zero-order valence-corrected chi connectivity index (χ0v) is 11.6. The number of thioether (sulfide) groups is 1. The highest BCUT2D eigenvalue weighted by molar-refractivity contribution is 8.01. The first kappa shape index (κ1) is 16.3. The van der Waals surface area contributed by atoms with Gasteiger partial charge >= 0.3 is 0 Å². The number of unbranched alkanes of at least 4 members (excludes halogenated alkanes) is 2. The van der Waals surface area contributed by atoms with Crippen LogP contribution in [0.5, 0.6) is 0 Å². The first-order chi connectivity index (χ1) is 8.02. The van der Waals surface area contributed by atoms with E-state index in [1.165, 1.54) is 11.8 Å². The largest absolute Gasteiger partial charge is 0.369 e. The molecule has 0 aliphatic rings. The summed E-state index contributed by atoms with van der Waals surface area (Å²) in [5.74, 6) is -0.683. The van der Waals surface area contributed by atoms with Gasteiger partial charge in [-0.1, -0.05) is 39.5 Å². The molecule has 2 atom stereocenters. The van der Waals surface area contributed by atoms with E-state index >= 15 is 0 Å². The van der Waals surface area contributed by atoms with E-state index in [0.29, 0.717) is 0 Å². The molecule has 5 heteroatoms. The van der Waals surface area contributed by atoms with Crippen LogP contribution in [0.4, 0.5) is 0 Å². The fraction of sp³-hybridized carbons (Fsp3) is 0.833. The summed E-state index contributed by atoms with van der Waals surface area (Å²) in [5.41, 5.74) is 10.7. The van der Waals surface area contributed by atoms with Crippen molar-refractivity contribution in [2.75, 3.05) is 0 Å². The van der Waals surface area contributed by atoms with Gasteiger partial charge in [-0.05, 0) is 12.8 Å². The second-order valence-corrected chi connectivity index (χ2v) is 5.61. The van der Waals surface area contributed by atoms with Gasteiger partial charge in [-0.3, -0.25) is 9.59 Å². The van der Waals surface area contributed by atoms with E-state index in [0.717, 1.165) is 38.5 Å². The van der Waals surface area contributed by atoms with Crippen LogP contribution in [0.3, 0.4) is 0 Å². The van der Waals surface area contributed by atoms with Crippen LogP contribution in [-0.2, 0) is 9.59 Å². The number of nitrogens with two attached hydrogens (primary N) is 2. The topological polar surface area (TPSA) is 86.2 Å². The van der Waals surface area contributed by atoms with Gasteiger partial charge < -0.3 is 11.5 Å². The molecule has 0 rings (SSSR count). The maximum atomic E-state index is 11.3. The molecule has 2 unspecified atom stereocenters. The number of hydrogen-bond acceptors (Lipinski definition) is 3. The molecule has 2 amide bonds. The van der Waals surface area contributed by atoms with Crippen LogP contribution in [0, 0.1) is 0 Å². The molecule has 17 heavy (non-hydrogen) atoms. The predicted octanol–water partition coefficient (Wildman–Crippen LogP) is 1.81. The van der Waals surface area contributed by atoms with Gasteiger partial charge in [-0.2, -0.15) is 0 Å². The Kier molecular flexibility index (Phi) is 8.94. The van der Waals surface area contributed by atoms with Gasteiger partial charge in [0, 0.05) is 0 Å². The van der Waals surface area contributed by atoms with E-state index in [4.69, 9.17) is 11.5 Å². The van der Waals surface area contributed by atoms with Crippen LogP contribution in [0.2, 0.25) is 0 Å². The van der Waals surface area contributed by atoms with Gasteiger partial charge in [0.15, 0.2) is 0 Å². The van der Waals surface area contributed by atoms with Crippen molar-refractivity contribution in [2.45, 2.75) is 62.9 Å². The van der Waals surface area contributed by atoms with E-state index in [1.54, 1.807) is 0 Å². The van der Waals surface area contributed by atoms with Crippen LogP contribution in [0.25, 0.3) is 0 Å². The molecule has 0 aromatic rings. The number of amides is 2. The van der Waals surface area contributed by atoms with Crippen LogP contribution in [0.1, 0.15) is 52.4 Å². The number of hydrogen-bond donors (Lipinski definition) is 2. The second-order valence-electron chi connectivity index (χ2n) is 4.20. The molecule has 0 aromatic carbocycles. The molecular formula is C12H24N2O2S. The molecular weight excluding hydrogens is 236 g/mol. The zero-order valence-electron chi connectivity index (χ0n) is 10.8. The summed E-state index contributed by atoms with van der Waals surface area (Å²) in [6, 6.07) is 0. The summed E-state index contributed by atoms with van der Waals surface area (Å²) < 4.78 is 0. The monoisotopic (exact) mass is 260 g/mol. The predicted molar refractivity (Wildman–Crippen MR) is 72.6 cm³/mol. The van der Waals surface area contributed by atoms with Crippen molar-refractivity contribution in [3.8, 4) is 0 Å². The van der Waals surface area contributed by atoms with E-state index in [1.807, 2.05) is 0 Å². The van der Waals surface area contributed by atoms with E-state index in [2.05, 4.69) is 13.8 Å². The van der Waals surface area contributed by atoms with Crippen molar-refractivity contribution in [1.82, 2.24) is 0 Å². The third kappa shape index (κ3) is 7.26. The molecule has 0 aliphatic carbocycles. The Bertz CT molecular complexity index is 223. The lowest BCUT2D eigenvalue weighted by molar-refractivity contribution is -0.117. The number of carbonyl (C=O) groups excluding carboxylic acids is 2. The SMILES string of the molecule is CCCCC(SC(CCCC)C(N)=O)C(N)=O. The molecule has 0 aliphatic heterocycles. The molecule has 0 saturated carbocycles. The summed E-state index contributed by atoms with van der Waals surface area (Å²) in [6.07, 6.45) is 5.37. The summed E-state index contributed by atoms with van der Waals surface area (Å²) in [7, 11) is 0. The molecule has 100 valence electrons. The summed E-state index contributed by atoms with van der Waals surface area (Å²) in [6.45, 7) is 4.12. The quantitative estimate of drug-likeness (QED) is 0.628. The lowest BCUT2D eigenvalue weighted by Crippen LogP contribution is -2.33. The minimum atomic E-state index is -0.341. The highest BCUT2D eigenvalue weighted by Gasteiger charge is 2.24. The first-order valence-corrected chi connectivity index (χ1v) is 7.21. The molecule has 0 heterocycles. The van der Waals surface area contributed by atoms with Crippen molar-refractivity contribution in [1.29, 1.82) is 0 Å². The standard InChI is InChI=1S/C12H24N2O2S/c1-3-5-7-9(11(13)15)17-10(12(14)16)8-6-4-2/h9-10H,3-8H2,1-2H3,(H2,13,15)(H2,14,16). The smallest absolute Gasteiger partial charge is 0.230 e. The average molecular weight is 260 g/mol. The molecule has 4 N–H and O–H groups in total.